The Balaban J connectivity index is 1.80. The second-order valence-electron chi connectivity index (χ2n) is 5.87. The molecule has 0 unspecified atom stereocenters. The maximum absolute atomic E-state index is 12.4. The minimum absolute atomic E-state index is 0.00656. The van der Waals surface area contributed by atoms with E-state index in [1.165, 1.54) is 5.56 Å². The van der Waals surface area contributed by atoms with Crippen LogP contribution in [0.1, 0.15) is 36.2 Å². The molecule has 0 radical (unpaired) electrons. The summed E-state index contributed by atoms with van der Waals surface area (Å²) in [6.45, 7) is 4.07. The lowest BCUT2D eigenvalue weighted by molar-refractivity contribution is -0.132. The Kier molecular flexibility index (Phi) is 4.14. The number of H-pyrrole nitrogens is 1. The molecule has 2 aromatic rings. The molecule has 1 atom stereocenters. The SMILES string of the molecule is CC(=O)N1CCc2ccccc2[C@@H]1CC(=O)Nc1cc(C)[nH]n1. The van der Waals surface area contributed by atoms with Gasteiger partial charge in [0.1, 0.15) is 0 Å². The van der Waals surface area contributed by atoms with Gasteiger partial charge in [0.05, 0.1) is 12.5 Å². The number of rotatable bonds is 3. The maximum Gasteiger partial charge on any atom is 0.228 e. The number of carbonyl (C=O) groups excluding carboxylic acids is 2. The summed E-state index contributed by atoms with van der Waals surface area (Å²) in [5.74, 6) is 0.350. The molecule has 1 aromatic carbocycles. The Bertz CT molecular complexity index is 738. The van der Waals surface area contributed by atoms with Crippen molar-refractivity contribution >= 4 is 17.6 Å². The number of amides is 2. The molecule has 23 heavy (non-hydrogen) atoms. The Morgan fingerprint density at radius 3 is 2.87 bits per heavy atom. The average Bonchev–Trinajstić information content (AvgIpc) is 2.92. The van der Waals surface area contributed by atoms with Crippen LogP contribution < -0.4 is 5.32 Å². The van der Waals surface area contributed by atoms with Crippen molar-refractivity contribution in [1.29, 1.82) is 0 Å². The third kappa shape index (κ3) is 3.26. The number of fused-ring (bicyclic) bond motifs is 1. The second-order valence-corrected chi connectivity index (χ2v) is 5.87. The number of anilines is 1. The largest absolute Gasteiger partial charge is 0.335 e. The summed E-state index contributed by atoms with van der Waals surface area (Å²) in [6.07, 6.45) is 1.05. The van der Waals surface area contributed by atoms with Crippen molar-refractivity contribution in [2.45, 2.75) is 32.7 Å². The van der Waals surface area contributed by atoms with E-state index in [1.54, 1.807) is 17.9 Å². The summed E-state index contributed by atoms with van der Waals surface area (Å²) < 4.78 is 0. The predicted molar refractivity (Wildman–Crippen MR) is 86.8 cm³/mol. The van der Waals surface area contributed by atoms with Crippen LogP contribution in [0.15, 0.2) is 30.3 Å². The van der Waals surface area contributed by atoms with E-state index in [0.717, 1.165) is 17.7 Å². The third-order valence-electron chi connectivity index (χ3n) is 4.17. The topological polar surface area (TPSA) is 78.1 Å². The molecule has 0 saturated carbocycles. The molecule has 1 aliphatic heterocycles. The van der Waals surface area contributed by atoms with Crippen LogP contribution in [0.5, 0.6) is 0 Å². The molecule has 0 saturated heterocycles. The molecule has 1 aliphatic rings. The van der Waals surface area contributed by atoms with Gasteiger partial charge < -0.3 is 10.2 Å². The number of carbonyl (C=O) groups is 2. The highest BCUT2D eigenvalue weighted by molar-refractivity contribution is 5.90. The summed E-state index contributed by atoms with van der Waals surface area (Å²) in [6, 6.07) is 9.55. The Morgan fingerprint density at radius 2 is 2.17 bits per heavy atom. The highest BCUT2D eigenvalue weighted by atomic mass is 16.2. The average molecular weight is 312 g/mol. The van der Waals surface area contributed by atoms with Gasteiger partial charge in [-0.1, -0.05) is 24.3 Å². The highest BCUT2D eigenvalue weighted by Crippen LogP contribution is 2.32. The van der Waals surface area contributed by atoms with Crippen LogP contribution in [-0.2, 0) is 16.0 Å². The van der Waals surface area contributed by atoms with Gasteiger partial charge in [-0.05, 0) is 24.5 Å². The third-order valence-corrected chi connectivity index (χ3v) is 4.17. The van der Waals surface area contributed by atoms with Gasteiger partial charge in [0.15, 0.2) is 5.82 Å². The molecule has 2 N–H and O–H groups in total. The van der Waals surface area contributed by atoms with Crippen molar-refractivity contribution in [2.75, 3.05) is 11.9 Å². The number of aromatic amines is 1. The van der Waals surface area contributed by atoms with E-state index >= 15 is 0 Å². The Labute approximate surface area is 134 Å². The quantitative estimate of drug-likeness (QED) is 0.912. The molecule has 3 rings (SSSR count). The minimum Gasteiger partial charge on any atom is -0.335 e. The fourth-order valence-electron chi connectivity index (χ4n) is 3.10. The number of aromatic nitrogens is 2. The summed E-state index contributed by atoms with van der Waals surface area (Å²) in [7, 11) is 0. The maximum atomic E-state index is 12.4. The standard InChI is InChI=1S/C17H20N4O2/c1-11-9-16(20-19-11)18-17(23)10-15-14-6-4-3-5-13(14)7-8-21(15)12(2)22/h3-6,9,15H,7-8,10H2,1-2H3,(H2,18,19,20,23)/t15-/m0/s1. The summed E-state index contributed by atoms with van der Waals surface area (Å²) >= 11 is 0. The lowest BCUT2D eigenvalue weighted by Gasteiger charge is -2.36. The van der Waals surface area contributed by atoms with Crippen LogP contribution in [-0.4, -0.2) is 33.5 Å². The van der Waals surface area contributed by atoms with E-state index in [1.807, 2.05) is 25.1 Å². The Morgan fingerprint density at radius 1 is 1.39 bits per heavy atom. The van der Waals surface area contributed by atoms with Crippen LogP contribution in [0.4, 0.5) is 5.82 Å². The molecule has 6 heteroatoms. The number of hydrogen-bond donors (Lipinski definition) is 2. The molecule has 0 fully saturated rings. The van der Waals surface area contributed by atoms with Gasteiger partial charge in [-0.3, -0.25) is 14.7 Å². The van der Waals surface area contributed by atoms with Crippen molar-refractivity contribution in [3.63, 3.8) is 0 Å². The molecule has 120 valence electrons. The first kappa shape index (κ1) is 15.3. The van der Waals surface area contributed by atoms with Crippen molar-refractivity contribution in [1.82, 2.24) is 15.1 Å². The minimum atomic E-state index is -0.225. The number of hydrogen-bond acceptors (Lipinski definition) is 3. The molecule has 0 aliphatic carbocycles. The molecule has 2 heterocycles. The number of nitrogens with one attached hydrogen (secondary N) is 2. The van der Waals surface area contributed by atoms with Crippen LogP contribution in [0.2, 0.25) is 0 Å². The van der Waals surface area contributed by atoms with Crippen molar-refractivity contribution in [3.05, 3.63) is 47.2 Å². The van der Waals surface area contributed by atoms with E-state index in [0.29, 0.717) is 12.4 Å². The Hall–Kier alpha value is -2.63. The van der Waals surface area contributed by atoms with E-state index in [2.05, 4.69) is 21.6 Å². The predicted octanol–water partition coefficient (Wildman–Crippen LogP) is 2.19. The van der Waals surface area contributed by atoms with Crippen molar-refractivity contribution in [3.8, 4) is 0 Å². The lowest BCUT2D eigenvalue weighted by atomic mass is 9.90. The molecular formula is C17H20N4O2. The van der Waals surface area contributed by atoms with E-state index in [9.17, 15) is 9.59 Å². The van der Waals surface area contributed by atoms with Crippen LogP contribution in [0, 0.1) is 6.92 Å². The van der Waals surface area contributed by atoms with E-state index in [4.69, 9.17) is 0 Å². The van der Waals surface area contributed by atoms with Crippen molar-refractivity contribution < 1.29 is 9.59 Å². The van der Waals surface area contributed by atoms with Crippen molar-refractivity contribution in [2.24, 2.45) is 0 Å². The second kappa shape index (κ2) is 6.24. The summed E-state index contributed by atoms with van der Waals surface area (Å²) in [5.41, 5.74) is 3.15. The first-order valence-electron chi connectivity index (χ1n) is 7.71. The van der Waals surface area contributed by atoms with Crippen LogP contribution >= 0.6 is 0 Å². The molecule has 0 bridgehead atoms. The van der Waals surface area contributed by atoms with E-state index in [-0.39, 0.29) is 24.3 Å². The number of aryl methyl sites for hydroxylation is 1. The zero-order chi connectivity index (χ0) is 16.4. The van der Waals surface area contributed by atoms with Crippen LogP contribution in [0.25, 0.3) is 0 Å². The monoisotopic (exact) mass is 312 g/mol. The van der Waals surface area contributed by atoms with Gasteiger partial charge in [0, 0.05) is 25.2 Å². The number of benzene rings is 1. The zero-order valence-corrected chi connectivity index (χ0v) is 13.3. The van der Waals surface area contributed by atoms with Gasteiger partial charge in [-0.25, -0.2) is 0 Å². The fraction of sp³-hybridized carbons (Fsp3) is 0.353. The lowest BCUT2D eigenvalue weighted by Crippen LogP contribution is -2.40. The fourth-order valence-corrected chi connectivity index (χ4v) is 3.10. The molecule has 2 amide bonds. The highest BCUT2D eigenvalue weighted by Gasteiger charge is 2.30. The van der Waals surface area contributed by atoms with Crippen LogP contribution in [0.3, 0.4) is 0 Å². The van der Waals surface area contributed by atoms with E-state index < -0.39 is 0 Å². The molecular weight excluding hydrogens is 292 g/mol. The summed E-state index contributed by atoms with van der Waals surface area (Å²) in [4.78, 5) is 26.1. The number of nitrogens with zero attached hydrogens (tertiary/aromatic N) is 2. The molecule has 0 spiro atoms. The van der Waals surface area contributed by atoms with Gasteiger partial charge in [-0.2, -0.15) is 5.10 Å². The van der Waals surface area contributed by atoms with Gasteiger partial charge in [0.2, 0.25) is 11.8 Å². The van der Waals surface area contributed by atoms with Gasteiger partial charge in [-0.15, -0.1) is 0 Å². The molecule has 1 aromatic heterocycles. The zero-order valence-electron chi connectivity index (χ0n) is 13.3. The first-order chi connectivity index (χ1) is 11.0. The summed E-state index contributed by atoms with van der Waals surface area (Å²) in [5, 5.41) is 9.58. The normalized spacial score (nSPS) is 16.8. The first-order valence-corrected chi connectivity index (χ1v) is 7.71. The van der Waals surface area contributed by atoms with Gasteiger partial charge >= 0.3 is 0 Å². The van der Waals surface area contributed by atoms with Gasteiger partial charge in [0.25, 0.3) is 0 Å². The molecule has 6 nitrogen and oxygen atoms in total. The smallest absolute Gasteiger partial charge is 0.228 e.